The zero-order chi connectivity index (χ0) is 21.8. The summed E-state index contributed by atoms with van der Waals surface area (Å²) in [6, 6.07) is 10.8. The molecule has 2 saturated heterocycles. The van der Waals surface area contributed by atoms with Crippen molar-refractivity contribution >= 4 is 29.2 Å². The number of piperidine rings is 1. The number of anilines is 2. The molecule has 2 aromatic carbocycles. The summed E-state index contributed by atoms with van der Waals surface area (Å²) in [4.78, 5) is 39.4. The van der Waals surface area contributed by atoms with Gasteiger partial charge < -0.3 is 5.32 Å². The van der Waals surface area contributed by atoms with Crippen molar-refractivity contribution in [1.82, 2.24) is 10.2 Å². The average molecular weight is 424 g/mol. The first-order chi connectivity index (χ1) is 15.0. The van der Waals surface area contributed by atoms with Gasteiger partial charge in [-0.25, -0.2) is 9.18 Å². The van der Waals surface area contributed by atoms with Crippen molar-refractivity contribution in [2.45, 2.75) is 32.2 Å². The smallest absolute Gasteiger partial charge is 0.322 e. The standard InChI is InChI=1S/C23H25FN4O3/c24-20-14-16(4-5-17(20)15-27-11-2-1-3-12-27)22(30)25-18-6-8-19(9-7-18)28-13-10-21(29)26-23(28)31/h4-9,14H,1-3,10-13,15H2,(H,25,30)(H,26,29,31). The Bertz CT molecular complexity index is 987. The average Bonchev–Trinajstić information content (AvgIpc) is 2.76. The Balaban J connectivity index is 1.38. The number of carbonyl (C=O) groups is 3. The Morgan fingerprint density at radius 3 is 2.42 bits per heavy atom. The highest BCUT2D eigenvalue weighted by Gasteiger charge is 2.24. The topological polar surface area (TPSA) is 81.8 Å². The monoisotopic (exact) mass is 424 g/mol. The van der Waals surface area contributed by atoms with Gasteiger partial charge in [0, 0.05) is 42.0 Å². The van der Waals surface area contributed by atoms with Crippen molar-refractivity contribution in [3.05, 3.63) is 59.4 Å². The van der Waals surface area contributed by atoms with E-state index in [2.05, 4.69) is 15.5 Å². The van der Waals surface area contributed by atoms with Crippen LogP contribution in [0, 0.1) is 5.82 Å². The molecule has 0 spiro atoms. The van der Waals surface area contributed by atoms with Crippen molar-refractivity contribution in [2.75, 3.05) is 29.9 Å². The molecule has 8 heteroatoms. The molecule has 2 fully saturated rings. The quantitative estimate of drug-likeness (QED) is 0.770. The van der Waals surface area contributed by atoms with Gasteiger partial charge in [0.2, 0.25) is 5.91 Å². The number of rotatable bonds is 5. The molecule has 31 heavy (non-hydrogen) atoms. The summed E-state index contributed by atoms with van der Waals surface area (Å²) in [6.45, 7) is 2.82. The van der Waals surface area contributed by atoms with Crippen molar-refractivity contribution in [3.63, 3.8) is 0 Å². The van der Waals surface area contributed by atoms with E-state index in [1.807, 2.05) is 0 Å². The van der Waals surface area contributed by atoms with Crippen LogP contribution in [0.25, 0.3) is 0 Å². The fourth-order valence-electron chi connectivity index (χ4n) is 3.91. The number of carbonyl (C=O) groups excluding carboxylic acids is 3. The molecule has 7 nitrogen and oxygen atoms in total. The molecule has 0 atom stereocenters. The summed E-state index contributed by atoms with van der Waals surface area (Å²) in [7, 11) is 0. The van der Waals surface area contributed by atoms with Crippen LogP contribution in [0.5, 0.6) is 0 Å². The molecule has 4 rings (SSSR count). The van der Waals surface area contributed by atoms with E-state index in [1.165, 1.54) is 17.4 Å². The van der Waals surface area contributed by atoms with Crippen LogP contribution in [-0.4, -0.2) is 42.4 Å². The normalized spacial score (nSPS) is 17.4. The maximum absolute atomic E-state index is 14.6. The van der Waals surface area contributed by atoms with E-state index in [1.54, 1.807) is 36.4 Å². The molecule has 0 aromatic heterocycles. The Morgan fingerprint density at radius 2 is 1.74 bits per heavy atom. The lowest BCUT2D eigenvalue weighted by atomic mass is 10.1. The Kier molecular flexibility index (Phi) is 6.27. The van der Waals surface area contributed by atoms with Crippen LogP contribution in [-0.2, 0) is 11.3 Å². The van der Waals surface area contributed by atoms with Crippen LogP contribution < -0.4 is 15.5 Å². The second-order valence-corrected chi connectivity index (χ2v) is 7.90. The van der Waals surface area contributed by atoms with Crippen LogP contribution >= 0.6 is 0 Å². The highest BCUT2D eigenvalue weighted by atomic mass is 19.1. The van der Waals surface area contributed by atoms with Gasteiger partial charge in [-0.3, -0.25) is 24.7 Å². The number of likely N-dealkylation sites (tertiary alicyclic amines) is 1. The lowest BCUT2D eigenvalue weighted by molar-refractivity contribution is -0.120. The van der Waals surface area contributed by atoms with E-state index in [9.17, 15) is 18.8 Å². The molecule has 2 heterocycles. The summed E-state index contributed by atoms with van der Waals surface area (Å²) in [6.07, 6.45) is 3.75. The van der Waals surface area contributed by atoms with E-state index in [-0.39, 0.29) is 23.7 Å². The maximum atomic E-state index is 14.6. The first kappa shape index (κ1) is 21.0. The van der Waals surface area contributed by atoms with Crippen molar-refractivity contribution < 1.29 is 18.8 Å². The number of hydrogen-bond donors (Lipinski definition) is 2. The van der Waals surface area contributed by atoms with Crippen molar-refractivity contribution in [2.24, 2.45) is 0 Å². The first-order valence-electron chi connectivity index (χ1n) is 10.5. The summed E-state index contributed by atoms with van der Waals surface area (Å²) in [5.74, 6) is -1.07. The summed E-state index contributed by atoms with van der Waals surface area (Å²) < 4.78 is 14.6. The van der Waals surface area contributed by atoms with Gasteiger partial charge >= 0.3 is 6.03 Å². The molecule has 0 bridgehead atoms. The van der Waals surface area contributed by atoms with E-state index in [0.717, 1.165) is 25.9 Å². The molecule has 0 aliphatic carbocycles. The minimum atomic E-state index is -0.465. The number of benzene rings is 2. The number of nitrogens with zero attached hydrogens (tertiary/aromatic N) is 2. The van der Waals surface area contributed by atoms with Gasteiger partial charge in [-0.1, -0.05) is 12.5 Å². The number of hydrogen-bond acceptors (Lipinski definition) is 4. The molecular formula is C23H25FN4O3. The number of urea groups is 1. The number of imide groups is 1. The van der Waals surface area contributed by atoms with Gasteiger partial charge in [0.1, 0.15) is 5.82 Å². The zero-order valence-corrected chi connectivity index (χ0v) is 17.2. The van der Waals surface area contributed by atoms with E-state index < -0.39 is 11.9 Å². The lowest BCUT2D eigenvalue weighted by Crippen LogP contribution is -2.49. The van der Waals surface area contributed by atoms with Crippen LogP contribution in [0.3, 0.4) is 0 Å². The predicted molar refractivity (Wildman–Crippen MR) is 115 cm³/mol. The van der Waals surface area contributed by atoms with Crippen LogP contribution in [0.4, 0.5) is 20.6 Å². The molecule has 162 valence electrons. The van der Waals surface area contributed by atoms with Gasteiger partial charge in [0.25, 0.3) is 5.91 Å². The minimum absolute atomic E-state index is 0.240. The Hall–Kier alpha value is -3.26. The highest BCUT2D eigenvalue weighted by Crippen LogP contribution is 2.21. The molecule has 2 aromatic rings. The third-order valence-corrected chi connectivity index (χ3v) is 5.65. The number of amides is 4. The molecule has 2 N–H and O–H groups in total. The van der Waals surface area contributed by atoms with Crippen LogP contribution in [0.15, 0.2) is 42.5 Å². The Labute approximate surface area is 180 Å². The third-order valence-electron chi connectivity index (χ3n) is 5.65. The van der Waals surface area contributed by atoms with Gasteiger partial charge in [0.15, 0.2) is 0 Å². The largest absolute Gasteiger partial charge is 0.328 e. The summed E-state index contributed by atoms with van der Waals surface area (Å²) >= 11 is 0. The molecular weight excluding hydrogens is 399 g/mol. The molecule has 4 amide bonds. The molecule has 2 aliphatic heterocycles. The molecule has 0 saturated carbocycles. The molecule has 0 unspecified atom stereocenters. The molecule has 2 aliphatic rings. The van der Waals surface area contributed by atoms with E-state index in [0.29, 0.717) is 30.0 Å². The van der Waals surface area contributed by atoms with Gasteiger partial charge in [-0.15, -0.1) is 0 Å². The van der Waals surface area contributed by atoms with E-state index in [4.69, 9.17) is 0 Å². The maximum Gasteiger partial charge on any atom is 0.328 e. The Morgan fingerprint density at radius 1 is 1.00 bits per heavy atom. The highest BCUT2D eigenvalue weighted by molar-refractivity contribution is 6.06. The van der Waals surface area contributed by atoms with Crippen LogP contribution in [0.2, 0.25) is 0 Å². The fraction of sp³-hybridized carbons (Fsp3) is 0.348. The van der Waals surface area contributed by atoms with Gasteiger partial charge in [-0.05, 0) is 62.3 Å². The fourth-order valence-corrected chi connectivity index (χ4v) is 3.91. The second-order valence-electron chi connectivity index (χ2n) is 7.90. The molecule has 0 radical (unpaired) electrons. The van der Waals surface area contributed by atoms with Gasteiger partial charge in [-0.2, -0.15) is 0 Å². The lowest BCUT2D eigenvalue weighted by Gasteiger charge is -2.26. The second kappa shape index (κ2) is 9.26. The summed E-state index contributed by atoms with van der Waals surface area (Å²) in [5.41, 5.74) is 2.00. The van der Waals surface area contributed by atoms with Crippen molar-refractivity contribution in [3.8, 4) is 0 Å². The minimum Gasteiger partial charge on any atom is -0.322 e. The van der Waals surface area contributed by atoms with Crippen molar-refractivity contribution in [1.29, 1.82) is 0 Å². The third kappa shape index (κ3) is 5.08. The SMILES string of the molecule is O=C1CCN(c2ccc(NC(=O)c3ccc(CN4CCCCC4)c(F)c3)cc2)C(=O)N1. The number of halogens is 1. The van der Waals surface area contributed by atoms with Crippen LogP contribution in [0.1, 0.15) is 41.6 Å². The summed E-state index contributed by atoms with van der Waals surface area (Å²) in [5, 5.41) is 5.02. The zero-order valence-electron chi connectivity index (χ0n) is 17.2. The number of nitrogens with one attached hydrogen (secondary N) is 2. The first-order valence-corrected chi connectivity index (χ1v) is 10.5. The van der Waals surface area contributed by atoms with E-state index >= 15 is 0 Å². The predicted octanol–water partition coefficient (Wildman–Crippen LogP) is 3.51. The van der Waals surface area contributed by atoms with Gasteiger partial charge in [0.05, 0.1) is 0 Å².